The van der Waals surface area contributed by atoms with E-state index in [4.69, 9.17) is 4.74 Å². The van der Waals surface area contributed by atoms with Crippen LogP contribution in [0.4, 0.5) is 4.79 Å². The summed E-state index contributed by atoms with van der Waals surface area (Å²) in [5.41, 5.74) is 6.88. The van der Waals surface area contributed by atoms with Crippen molar-refractivity contribution in [2.45, 2.75) is 70.4 Å². The van der Waals surface area contributed by atoms with Crippen molar-refractivity contribution in [3.8, 4) is 11.1 Å². The minimum atomic E-state index is -0.214. The van der Waals surface area contributed by atoms with E-state index in [1.54, 1.807) is 0 Å². The first-order valence-electron chi connectivity index (χ1n) is 13.1. The van der Waals surface area contributed by atoms with Crippen LogP contribution in [-0.4, -0.2) is 36.7 Å². The van der Waals surface area contributed by atoms with Crippen LogP contribution in [0.25, 0.3) is 11.1 Å². The van der Waals surface area contributed by atoms with Gasteiger partial charge in [0.05, 0.1) is 6.04 Å². The van der Waals surface area contributed by atoms with Gasteiger partial charge in [0, 0.05) is 6.54 Å². The molecule has 1 amide bonds. The summed E-state index contributed by atoms with van der Waals surface area (Å²) in [6, 6.07) is 15.9. The molecule has 3 aliphatic heterocycles. The highest BCUT2D eigenvalue weighted by Gasteiger charge is 2.53. The summed E-state index contributed by atoms with van der Waals surface area (Å²) >= 11 is 0. The van der Waals surface area contributed by atoms with Crippen LogP contribution in [0.5, 0.6) is 0 Å². The SMILES string of the molecule is CCCc1ccc(-c2ccc3c(c2)CCC2(CC2)C3NC(=O)O[C@@H]2CN3CCC2CC3)cc1. The normalized spacial score (nSPS) is 28.9. The highest BCUT2D eigenvalue weighted by Crippen LogP contribution is 2.61. The lowest BCUT2D eigenvalue weighted by molar-refractivity contribution is -0.0347. The first kappa shape index (κ1) is 21.2. The molecular weight excluding hydrogens is 408 g/mol. The monoisotopic (exact) mass is 444 g/mol. The minimum Gasteiger partial charge on any atom is -0.445 e. The molecule has 0 radical (unpaired) electrons. The first-order valence-corrected chi connectivity index (χ1v) is 13.1. The molecule has 1 spiro atoms. The van der Waals surface area contributed by atoms with Gasteiger partial charge in [0.2, 0.25) is 0 Å². The molecule has 4 nitrogen and oxygen atoms in total. The second-order valence-corrected chi connectivity index (χ2v) is 10.9. The van der Waals surface area contributed by atoms with Gasteiger partial charge in [-0.25, -0.2) is 4.79 Å². The highest BCUT2D eigenvalue weighted by atomic mass is 16.6. The van der Waals surface area contributed by atoms with E-state index in [-0.39, 0.29) is 23.7 Å². The number of fused-ring (bicyclic) bond motifs is 4. The van der Waals surface area contributed by atoms with Crippen LogP contribution in [0.2, 0.25) is 0 Å². The molecule has 2 aromatic rings. The van der Waals surface area contributed by atoms with Gasteiger partial charge in [-0.1, -0.05) is 55.8 Å². The molecule has 2 atom stereocenters. The third-order valence-electron chi connectivity index (χ3n) is 8.79. The van der Waals surface area contributed by atoms with E-state index in [1.165, 1.54) is 47.1 Å². The van der Waals surface area contributed by atoms with Gasteiger partial charge < -0.3 is 10.1 Å². The van der Waals surface area contributed by atoms with Gasteiger partial charge in [-0.05, 0) is 97.2 Å². The molecule has 0 aromatic heterocycles. The zero-order valence-corrected chi connectivity index (χ0v) is 19.8. The summed E-state index contributed by atoms with van der Waals surface area (Å²) in [5.74, 6) is 0.542. The van der Waals surface area contributed by atoms with Crippen LogP contribution in [0.3, 0.4) is 0 Å². The molecule has 1 N–H and O–H groups in total. The fraction of sp³-hybridized carbons (Fsp3) is 0.552. The van der Waals surface area contributed by atoms with E-state index in [0.717, 1.165) is 51.7 Å². The zero-order chi connectivity index (χ0) is 22.4. The lowest BCUT2D eigenvalue weighted by Gasteiger charge is -2.44. The number of ether oxygens (including phenoxy) is 1. The molecule has 5 aliphatic rings. The van der Waals surface area contributed by atoms with Gasteiger partial charge in [0.15, 0.2) is 0 Å². The van der Waals surface area contributed by atoms with Crippen molar-refractivity contribution in [2.24, 2.45) is 11.3 Å². The summed E-state index contributed by atoms with van der Waals surface area (Å²) in [5, 5.41) is 3.34. The summed E-state index contributed by atoms with van der Waals surface area (Å²) in [7, 11) is 0. The van der Waals surface area contributed by atoms with E-state index in [1.807, 2.05) is 0 Å². The average Bonchev–Trinajstić information content (AvgIpc) is 3.63. The number of nitrogens with one attached hydrogen (secondary N) is 1. The Labute approximate surface area is 197 Å². The fourth-order valence-corrected chi connectivity index (χ4v) is 6.56. The number of hydrogen-bond donors (Lipinski definition) is 1. The number of alkyl carbamates (subject to hydrolysis) is 1. The predicted molar refractivity (Wildman–Crippen MR) is 131 cm³/mol. The van der Waals surface area contributed by atoms with Gasteiger partial charge in [-0.2, -0.15) is 0 Å². The van der Waals surface area contributed by atoms with E-state index in [9.17, 15) is 4.79 Å². The van der Waals surface area contributed by atoms with Crippen molar-refractivity contribution in [3.63, 3.8) is 0 Å². The van der Waals surface area contributed by atoms with E-state index in [2.05, 4.69) is 59.6 Å². The van der Waals surface area contributed by atoms with Crippen LogP contribution < -0.4 is 5.32 Å². The number of benzene rings is 2. The summed E-state index contributed by atoms with van der Waals surface area (Å²) in [4.78, 5) is 15.4. The Kier molecular flexibility index (Phi) is 5.44. The second kappa shape index (κ2) is 8.47. The Morgan fingerprint density at radius 1 is 1.06 bits per heavy atom. The molecule has 2 aliphatic carbocycles. The molecule has 4 fully saturated rings. The second-order valence-electron chi connectivity index (χ2n) is 10.9. The molecule has 3 heterocycles. The van der Waals surface area contributed by atoms with Gasteiger partial charge >= 0.3 is 6.09 Å². The Balaban J connectivity index is 1.20. The third-order valence-corrected chi connectivity index (χ3v) is 8.79. The van der Waals surface area contributed by atoms with Crippen molar-refractivity contribution >= 4 is 6.09 Å². The maximum atomic E-state index is 13.0. The fourth-order valence-electron chi connectivity index (χ4n) is 6.56. The number of piperidine rings is 3. The van der Waals surface area contributed by atoms with Crippen LogP contribution in [0.15, 0.2) is 42.5 Å². The van der Waals surface area contributed by atoms with Crippen molar-refractivity contribution in [1.29, 1.82) is 0 Å². The van der Waals surface area contributed by atoms with Crippen molar-refractivity contribution in [3.05, 3.63) is 59.2 Å². The minimum absolute atomic E-state index is 0.0590. The van der Waals surface area contributed by atoms with Crippen LogP contribution >= 0.6 is 0 Å². The largest absolute Gasteiger partial charge is 0.445 e. The first-order chi connectivity index (χ1) is 16.1. The summed E-state index contributed by atoms with van der Waals surface area (Å²) in [6.45, 7) is 5.45. The van der Waals surface area contributed by atoms with Gasteiger partial charge in [-0.15, -0.1) is 0 Å². The van der Waals surface area contributed by atoms with Crippen LogP contribution in [0, 0.1) is 11.3 Å². The topological polar surface area (TPSA) is 41.6 Å². The molecule has 7 rings (SSSR count). The maximum Gasteiger partial charge on any atom is 0.407 e. The van der Waals surface area contributed by atoms with Crippen molar-refractivity contribution in [2.75, 3.05) is 19.6 Å². The molecule has 174 valence electrons. The van der Waals surface area contributed by atoms with Crippen LogP contribution in [0.1, 0.15) is 68.2 Å². The Morgan fingerprint density at radius 2 is 1.82 bits per heavy atom. The summed E-state index contributed by atoms with van der Waals surface area (Å²) in [6.07, 6.45) is 9.15. The van der Waals surface area contributed by atoms with Gasteiger partial charge in [-0.3, -0.25) is 4.90 Å². The highest BCUT2D eigenvalue weighted by molar-refractivity contribution is 5.70. The van der Waals surface area contributed by atoms with Crippen molar-refractivity contribution in [1.82, 2.24) is 10.2 Å². The summed E-state index contributed by atoms with van der Waals surface area (Å²) < 4.78 is 6.00. The molecule has 4 heteroatoms. The number of rotatable bonds is 5. The number of carbonyl (C=O) groups excluding carboxylic acids is 1. The van der Waals surface area contributed by atoms with Crippen LogP contribution in [-0.2, 0) is 17.6 Å². The maximum absolute atomic E-state index is 13.0. The third kappa shape index (κ3) is 4.07. The number of carbonyl (C=O) groups is 1. The van der Waals surface area contributed by atoms with Gasteiger partial charge in [0.1, 0.15) is 6.10 Å². The Bertz CT molecular complexity index is 1020. The Morgan fingerprint density at radius 3 is 2.48 bits per heavy atom. The molecule has 2 aromatic carbocycles. The average molecular weight is 445 g/mol. The smallest absolute Gasteiger partial charge is 0.407 e. The lowest BCUT2D eigenvalue weighted by atomic mass is 9.76. The number of amides is 1. The quantitative estimate of drug-likeness (QED) is 0.625. The standard InChI is InChI=1S/C29H36N2O2/c1-2-3-20-4-6-21(7-5-20)23-8-9-25-24(18-23)10-13-29(14-15-29)27(25)30-28(32)33-26-19-31-16-11-22(26)12-17-31/h4-9,18,22,26-27H,2-3,10-17,19H2,1H3,(H,30,32)/t26-,27?/m1/s1. The van der Waals surface area contributed by atoms with E-state index >= 15 is 0 Å². The molecule has 3 saturated heterocycles. The van der Waals surface area contributed by atoms with Crippen molar-refractivity contribution < 1.29 is 9.53 Å². The molecule has 1 unspecified atom stereocenters. The molecule has 1 saturated carbocycles. The Hall–Kier alpha value is -2.33. The number of aryl methyl sites for hydroxylation is 2. The van der Waals surface area contributed by atoms with E-state index < -0.39 is 0 Å². The molecule has 33 heavy (non-hydrogen) atoms. The number of hydrogen-bond acceptors (Lipinski definition) is 3. The predicted octanol–water partition coefficient (Wildman–Crippen LogP) is 5.89. The van der Waals surface area contributed by atoms with Gasteiger partial charge in [0.25, 0.3) is 0 Å². The molecular formula is C29H36N2O2. The molecule has 2 bridgehead atoms. The zero-order valence-electron chi connectivity index (χ0n) is 19.8. The number of nitrogens with zero attached hydrogens (tertiary/aromatic N) is 1. The lowest BCUT2D eigenvalue weighted by Crippen LogP contribution is -2.53. The van der Waals surface area contributed by atoms with E-state index in [0.29, 0.717) is 5.92 Å².